The molecule has 2 aromatic rings. The van der Waals surface area contributed by atoms with E-state index in [1.807, 2.05) is 0 Å². The number of benzene rings is 1. The van der Waals surface area contributed by atoms with Crippen molar-refractivity contribution in [1.82, 2.24) is 4.98 Å². The fourth-order valence-electron chi connectivity index (χ4n) is 10.3. The maximum Gasteiger partial charge on any atom is 0.0705 e. The topological polar surface area (TPSA) is 12.9 Å². The van der Waals surface area contributed by atoms with Gasteiger partial charge in [-0.05, 0) is 121 Å². The van der Waals surface area contributed by atoms with Crippen LogP contribution in [-0.2, 0) is 12.8 Å². The zero-order valence-corrected chi connectivity index (χ0v) is 23.2. The highest BCUT2D eigenvalue weighted by Crippen LogP contribution is 2.68. The molecular formula is C34H49N. The van der Waals surface area contributed by atoms with Crippen molar-refractivity contribution < 1.29 is 0 Å². The van der Waals surface area contributed by atoms with E-state index in [0.29, 0.717) is 10.8 Å². The summed E-state index contributed by atoms with van der Waals surface area (Å²) < 4.78 is 0. The Morgan fingerprint density at radius 1 is 0.914 bits per heavy atom. The van der Waals surface area contributed by atoms with Gasteiger partial charge >= 0.3 is 0 Å². The molecule has 1 heterocycles. The van der Waals surface area contributed by atoms with Gasteiger partial charge in [-0.15, -0.1) is 0 Å². The third kappa shape index (κ3) is 3.90. The second-order valence-corrected chi connectivity index (χ2v) is 14.4. The summed E-state index contributed by atoms with van der Waals surface area (Å²) in [6.07, 6.45) is 15.7. The molecule has 4 aliphatic rings. The molecule has 1 heteroatoms. The SMILES string of the molecule is CC(C)CCC[C@@H](C)[C@H]1CCC2C3CC[C@H]4Cc5nc6ccccc6cc5C[C@]4(C)C3CC[C@@]21C. The van der Waals surface area contributed by atoms with Crippen LogP contribution in [0.3, 0.4) is 0 Å². The van der Waals surface area contributed by atoms with Crippen molar-refractivity contribution in [3.8, 4) is 0 Å². The lowest BCUT2D eigenvalue weighted by atomic mass is 9.44. The Morgan fingerprint density at radius 2 is 1.71 bits per heavy atom. The van der Waals surface area contributed by atoms with E-state index in [2.05, 4.69) is 65.0 Å². The molecule has 0 spiro atoms. The Kier molecular flexibility index (Phi) is 6.09. The van der Waals surface area contributed by atoms with Crippen LogP contribution < -0.4 is 0 Å². The van der Waals surface area contributed by atoms with Crippen molar-refractivity contribution in [1.29, 1.82) is 0 Å². The smallest absolute Gasteiger partial charge is 0.0705 e. The molecule has 190 valence electrons. The summed E-state index contributed by atoms with van der Waals surface area (Å²) in [6, 6.07) is 11.3. The standard InChI is InChI=1S/C34H49N/c1-22(2)9-8-10-23(3)28-15-16-29-27-14-13-26-20-32-25(19-24-11-6-7-12-31(24)35-32)21-34(26,5)30(27)17-18-33(28,29)4/h6-7,11-12,19,22-23,26-30H,8-10,13-18,20-21H2,1-5H3/t23-,26+,27?,28-,29?,30?,33-,34+/m1/s1. The van der Waals surface area contributed by atoms with E-state index < -0.39 is 0 Å². The molecule has 1 aromatic carbocycles. The van der Waals surface area contributed by atoms with E-state index in [9.17, 15) is 0 Å². The Morgan fingerprint density at radius 3 is 2.54 bits per heavy atom. The number of nitrogens with zero attached hydrogens (tertiary/aromatic N) is 1. The average molecular weight is 472 g/mol. The van der Waals surface area contributed by atoms with Crippen LogP contribution in [0, 0.1) is 52.3 Å². The van der Waals surface area contributed by atoms with Crippen molar-refractivity contribution in [2.45, 2.75) is 105 Å². The first kappa shape index (κ1) is 24.0. The zero-order valence-electron chi connectivity index (χ0n) is 23.2. The van der Waals surface area contributed by atoms with Gasteiger partial charge < -0.3 is 0 Å². The fourth-order valence-corrected chi connectivity index (χ4v) is 10.3. The molecule has 1 nitrogen and oxygen atoms in total. The van der Waals surface area contributed by atoms with Gasteiger partial charge in [-0.1, -0.05) is 72.1 Å². The first-order chi connectivity index (χ1) is 16.8. The van der Waals surface area contributed by atoms with Gasteiger partial charge in [0, 0.05) is 11.1 Å². The number of para-hydroxylation sites is 1. The molecular weight excluding hydrogens is 422 g/mol. The van der Waals surface area contributed by atoms with Crippen LogP contribution in [0.25, 0.3) is 10.9 Å². The van der Waals surface area contributed by atoms with Crippen molar-refractivity contribution >= 4 is 10.9 Å². The van der Waals surface area contributed by atoms with E-state index in [1.165, 1.54) is 87.2 Å². The van der Waals surface area contributed by atoms with Gasteiger partial charge in [0.05, 0.1) is 5.52 Å². The summed E-state index contributed by atoms with van der Waals surface area (Å²) in [5, 5.41) is 1.34. The quantitative estimate of drug-likeness (QED) is 0.423. The molecule has 0 N–H and O–H groups in total. The molecule has 0 saturated heterocycles. The maximum absolute atomic E-state index is 5.17. The summed E-state index contributed by atoms with van der Waals surface area (Å²) >= 11 is 0. The van der Waals surface area contributed by atoms with Gasteiger partial charge in [-0.3, -0.25) is 4.98 Å². The number of fused-ring (bicyclic) bond motifs is 7. The molecule has 0 amide bonds. The van der Waals surface area contributed by atoms with E-state index in [0.717, 1.165) is 41.4 Å². The largest absolute Gasteiger partial charge is 0.253 e. The highest BCUT2D eigenvalue weighted by Gasteiger charge is 2.60. The van der Waals surface area contributed by atoms with Crippen molar-refractivity contribution in [2.75, 3.05) is 0 Å². The Hall–Kier alpha value is -1.37. The van der Waals surface area contributed by atoms with E-state index in [-0.39, 0.29) is 0 Å². The predicted molar refractivity (Wildman–Crippen MR) is 148 cm³/mol. The first-order valence-corrected chi connectivity index (χ1v) is 15.2. The number of hydrogen-bond donors (Lipinski definition) is 0. The van der Waals surface area contributed by atoms with Gasteiger partial charge in [0.15, 0.2) is 0 Å². The Labute approximate surface area is 214 Å². The van der Waals surface area contributed by atoms with E-state index >= 15 is 0 Å². The van der Waals surface area contributed by atoms with Gasteiger partial charge in [-0.2, -0.15) is 0 Å². The van der Waals surface area contributed by atoms with E-state index in [4.69, 9.17) is 4.98 Å². The van der Waals surface area contributed by atoms with Crippen LogP contribution in [0.1, 0.15) is 104 Å². The molecule has 0 radical (unpaired) electrons. The molecule has 3 unspecified atom stereocenters. The highest BCUT2D eigenvalue weighted by atomic mass is 14.7. The molecule has 8 atom stereocenters. The van der Waals surface area contributed by atoms with Crippen LogP contribution in [0.4, 0.5) is 0 Å². The van der Waals surface area contributed by atoms with Crippen molar-refractivity contribution in [3.63, 3.8) is 0 Å². The number of pyridine rings is 1. The summed E-state index contributed by atoms with van der Waals surface area (Å²) in [5.41, 5.74) is 5.26. The predicted octanol–water partition coefficient (Wildman–Crippen LogP) is 9.27. The van der Waals surface area contributed by atoms with Gasteiger partial charge in [0.1, 0.15) is 0 Å². The fraction of sp³-hybridized carbons (Fsp3) is 0.735. The lowest BCUT2D eigenvalue weighted by molar-refractivity contribution is -0.103. The van der Waals surface area contributed by atoms with Gasteiger partial charge in [-0.25, -0.2) is 0 Å². The summed E-state index contributed by atoms with van der Waals surface area (Å²) in [4.78, 5) is 5.17. The highest BCUT2D eigenvalue weighted by molar-refractivity contribution is 5.79. The maximum atomic E-state index is 5.17. The number of rotatable bonds is 5. The minimum absolute atomic E-state index is 0.475. The average Bonchev–Trinajstić information content (AvgIpc) is 3.18. The van der Waals surface area contributed by atoms with Crippen molar-refractivity contribution in [3.05, 3.63) is 41.6 Å². The van der Waals surface area contributed by atoms with Crippen LogP contribution in [-0.4, -0.2) is 4.98 Å². The molecule has 35 heavy (non-hydrogen) atoms. The molecule has 1 aromatic heterocycles. The lowest BCUT2D eigenvalue weighted by Crippen LogP contribution is -2.54. The van der Waals surface area contributed by atoms with Crippen LogP contribution in [0.2, 0.25) is 0 Å². The van der Waals surface area contributed by atoms with Crippen molar-refractivity contribution in [2.24, 2.45) is 52.3 Å². The molecule has 3 fully saturated rings. The van der Waals surface area contributed by atoms with Crippen LogP contribution >= 0.6 is 0 Å². The lowest BCUT2D eigenvalue weighted by Gasteiger charge is -2.60. The monoisotopic (exact) mass is 471 g/mol. The van der Waals surface area contributed by atoms with Gasteiger partial charge in [0.25, 0.3) is 0 Å². The number of aromatic nitrogens is 1. The minimum Gasteiger partial charge on any atom is -0.253 e. The second kappa shape index (κ2) is 8.88. The summed E-state index contributed by atoms with van der Waals surface area (Å²) in [6.45, 7) is 12.8. The van der Waals surface area contributed by atoms with E-state index in [1.54, 1.807) is 5.56 Å². The second-order valence-electron chi connectivity index (χ2n) is 14.4. The summed E-state index contributed by atoms with van der Waals surface area (Å²) in [5.74, 6) is 6.44. The molecule has 4 aliphatic carbocycles. The van der Waals surface area contributed by atoms with Crippen LogP contribution in [0.15, 0.2) is 30.3 Å². The third-order valence-corrected chi connectivity index (χ3v) is 12.2. The minimum atomic E-state index is 0.475. The third-order valence-electron chi connectivity index (χ3n) is 12.2. The van der Waals surface area contributed by atoms with Gasteiger partial charge in [0.2, 0.25) is 0 Å². The zero-order chi connectivity index (χ0) is 24.4. The normalized spacial score (nSPS) is 39.1. The Balaban J connectivity index is 1.23. The Bertz CT molecular complexity index is 1070. The first-order valence-electron chi connectivity index (χ1n) is 15.2. The van der Waals surface area contributed by atoms with Crippen LogP contribution in [0.5, 0.6) is 0 Å². The molecule has 0 bridgehead atoms. The molecule has 3 saturated carbocycles. The summed E-state index contributed by atoms with van der Waals surface area (Å²) in [7, 11) is 0. The molecule has 6 rings (SSSR count). The molecule has 0 aliphatic heterocycles. The number of hydrogen-bond acceptors (Lipinski definition) is 1.